The summed E-state index contributed by atoms with van der Waals surface area (Å²) in [7, 11) is 1.81. The van der Waals surface area contributed by atoms with E-state index in [0.29, 0.717) is 11.6 Å². The molecule has 0 aliphatic carbocycles. The largest absolute Gasteiger partial charge is 0.389 e. The van der Waals surface area contributed by atoms with Crippen LogP contribution < -0.4 is 5.32 Å². The van der Waals surface area contributed by atoms with E-state index in [2.05, 4.69) is 20.4 Å². The van der Waals surface area contributed by atoms with E-state index in [0.717, 1.165) is 5.56 Å². The van der Waals surface area contributed by atoms with E-state index < -0.39 is 12.6 Å². The summed E-state index contributed by atoms with van der Waals surface area (Å²) in [5.74, 6) is 0.311. The van der Waals surface area contributed by atoms with Gasteiger partial charge in [-0.3, -0.25) is 4.68 Å². The molecule has 0 aromatic carbocycles. The third kappa shape index (κ3) is 4.73. The molecule has 2 aromatic rings. The topological polar surface area (TPSA) is 55.6 Å². The average molecular weight is 299 g/mol. The van der Waals surface area contributed by atoms with Gasteiger partial charge >= 0.3 is 6.18 Å². The van der Waals surface area contributed by atoms with Crippen molar-refractivity contribution in [1.29, 1.82) is 0 Å². The molecule has 21 heavy (non-hydrogen) atoms. The summed E-state index contributed by atoms with van der Waals surface area (Å²) in [4.78, 5) is 8.12. The van der Waals surface area contributed by atoms with E-state index in [1.54, 1.807) is 10.9 Å². The minimum Gasteiger partial charge on any atom is -0.348 e. The van der Waals surface area contributed by atoms with Crippen molar-refractivity contribution in [2.75, 3.05) is 5.32 Å². The Morgan fingerprint density at radius 3 is 2.76 bits per heavy atom. The third-order valence-corrected chi connectivity index (χ3v) is 2.95. The van der Waals surface area contributed by atoms with Gasteiger partial charge in [-0.2, -0.15) is 18.3 Å². The molecule has 0 saturated carbocycles. The van der Waals surface area contributed by atoms with Crippen molar-refractivity contribution in [2.24, 2.45) is 7.05 Å². The zero-order chi connectivity index (χ0) is 15.5. The van der Waals surface area contributed by atoms with Crippen LogP contribution in [0, 0.1) is 0 Å². The first-order chi connectivity index (χ1) is 9.83. The molecule has 0 saturated heterocycles. The highest BCUT2D eigenvalue weighted by Gasteiger charge is 2.26. The number of rotatable bonds is 5. The Balaban J connectivity index is 2.00. The standard InChI is InChI=1S/C13H16F3N5/c1-9(10-7-18-21(2)8-10)19-12-17-6-4-11(20-12)3-5-13(14,15)16/h4,6-9H,3,5H2,1-2H3,(H,17,19,20). The molecule has 0 aliphatic heterocycles. The van der Waals surface area contributed by atoms with Gasteiger partial charge in [0.2, 0.25) is 5.95 Å². The molecule has 0 radical (unpaired) electrons. The Labute approximate surface area is 120 Å². The van der Waals surface area contributed by atoms with Crippen LogP contribution in [0.25, 0.3) is 0 Å². The number of nitrogens with zero attached hydrogens (tertiary/aromatic N) is 4. The third-order valence-electron chi connectivity index (χ3n) is 2.95. The SMILES string of the molecule is CC(Nc1nccc(CCC(F)(F)F)n1)c1cnn(C)c1. The van der Waals surface area contributed by atoms with Gasteiger partial charge in [-0.25, -0.2) is 9.97 Å². The fraction of sp³-hybridized carbons (Fsp3) is 0.462. The number of alkyl halides is 3. The molecular formula is C13H16F3N5. The van der Waals surface area contributed by atoms with Crippen LogP contribution in [0.2, 0.25) is 0 Å². The summed E-state index contributed by atoms with van der Waals surface area (Å²) in [6.07, 6.45) is -0.196. The molecule has 0 spiro atoms. The Kier molecular flexibility index (Phi) is 4.44. The van der Waals surface area contributed by atoms with Crippen LogP contribution in [0.5, 0.6) is 0 Å². The summed E-state index contributed by atoms with van der Waals surface area (Å²) in [6, 6.07) is 1.41. The van der Waals surface area contributed by atoms with Gasteiger partial charge in [-0.1, -0.05) is 0 Å². The molecule has 114 valence electrons. The highest BCUT2D eigenvalue weighted by atomic mass is 19.4. The van der Waals surface area contributed by atoms with E-state index in [1.165, 1.54) is 12.3 Å². The molecule has 2 heterocycles. The van der Waals surface area contributed by atoms with Crippen LogP contribution in [-0.4, -0.2) is 25.9 Å². The molecule has 0 amide bonds. The summed E-state index contributed by atoms with van der Waals surface area (Å²) in [5, 5.41) is 7.12. The Morgan fingerprint density at radius 2 is 2.14 bits per heavy atom. The molecule has 5 nitrogen and oxygen atoms in total. The first-order valence-electron chi connectivity index (χ1n) is 6.47. The normalized spacial score (nSPS) is 13.2. The van der Waals surface area contributed by atoms with Crippen LogP contribution in [0.1, 0.15) is 30.6 Å². The van der Waals surface area contributed by atoms with Gasteiger partial charge < -0.3 is 5.32 Å². The second-order valence-electron chi connectivity index (χ2n) is 4.80. The number of nitrogens with one attached hydrogen (secondary N) is 1. The van der Waals surface area contributed by atoms with Gasteiger partial charge in [-0.05, 0) is 19.4 Å². The Morgan fingerprint density at radius 1 is 1.38 bits per heavy atom. The quantitative estimate of drug-likeness (QED) is 0.922. The first-order valence-corrected chi connectivity index (χ1v) is 6.47. The van der Waals surface area contributed by atoms with Crippen molar-refractivity contribution in [3.8, 4) is 0 Å². The predicted octanol–water partition coefficient (Wildman–Crippen LogP) is 2.88. The lowest BCUT2D eigenvalue weighted by atomic mass is 10.2. The average Bonchev–Trinajstić information content (AvgIpc) is 2.83. The van der Waals surface area contributed by atoms with E-state index in [1.807, 2.05) is 20.2 Å². The minimum atomic E-state index is -4.18. The molecule has 8 heteroatoms. The van der Waals surface area contributed by atoms with Crippen LogP contribution >= 0.6 is 0 Å². The second kappa shape index (κ2) is 6.11. The first kappa shape index (κ1) is 15.3. The van der Waals surface area contributed by atoms with Crippen molar-refractivity contribution in [3.05, 3.63) is 35.9 Å². The molecule has 0 bridgehead atoms. The van der Waals surface area contributed by atoms with E-state index in [9.17, 15) is 13.2 Å². The maximum Gasteiger partial charge on any atom is 0.389 e. The zero-order valence-corrected chi connectivity index (χ0v) is 11.7. The number of hydrogen-bond acceptors (Lipinski definition) is 4. The van der Waals surface area contributed by atoms with Gasteiger partial charge in [-0.15, -0.1) is 0 Å². The van der Waals surface area contributed by atoms with Gasteiger partial charge in [0.05, 0.1) is 12.2 Å². The lowest BCUT2D eigenvalue weighted by molar-refractivity contribution is -0.134. The highest BCUT2D eigenvalue weighted by molar-refractivity contribution is 5.30. The van der Waals surface area contributed by atoms with Gasteiger partial charge in [0.1, 0.15) is 0 Å². The van der Waals surface area contributed by atoms with Crippen molar-refractivity contribution in [3.63, 3.8) is 0 Å². The maximum atomic E-state index is 12.2. The van der Waals surface area contributed by atoms with Gasteiger partial charge in [0.15, 0.2) is 0 Å². The number of halogens is 3. The molecule has 1 atom stereocenters. The number of aryl methyl sites for hydroxylation is 2. The monoisotopic (exact) mass is 299 g/mol. The van der Waals surface area contributed by atoms with Crippen molar-refractivity contribution in [2.45, 2.75) is 32.0 Å². The molecule has 0 fully saturated rings. The summed E-state index contributed by atoms with van der Waals surface area (Å²) in [5.41, 5.74) is 1.31. The van der Waals surface area contributed by atoms with Crippen LogP contribution in [0.15, 0.2) is 24.7 Å². The Hall–Kier alpha value is -2.12. The van der Waals surface area contributed by atoms with Crippen LogP contribution in [-0.2, 0) is 13.5 Å². The predicted molar refractivity (Wildman–Crippen MR) is 71.7 cm³/mol. The molecule has 2 aromatic heterocycles. The number of anilines is 1. The fourth-order valence-corrected chi connectivity index (χ4v) is 1.82. The summed E-state index contributed by atoms with van der Waals surface area (Å²) in [6.45, 7) is 1.91. The van der Waals surface area contributed by atoms with E-state index >= 15 is 0 Å². The number of hydrogen-bond donors (Lipinski definition) is 1. The van der Waals surface area contributed by atoms with E-state index in [4.69, 9.17) is 0 Å². The Bertz CT molecular complexity index is 593. The second-order valence-corrected chi connectivity index (χ2v) is 4.80. The van der Waals surface area contributed by atoms with Crippen LogP contribution in [0.4, 0.5) is 19.1 Å². The lowest BCUT2D eigenvalue weighted by Gasteiger charge is -2.12. The van der Waals surface area contributed by atoms with Gasteiger partial charge in [0, 0.05) is 37.1 Å². The smallest absolute Gasteiger partial charge is 0.348 e. The maximum absolute atomic E-state index is 12.2. The molecule has 1 unspecified atom stereocenters. The summed E-state index contributed by atoms with van der Waals surface area (Å²) < 4.78 is 38.3. The van der Waals surface area contributed by atoms with Crippen molar-refractivity contribution >= 4 is 5.95 Å². The fourth-order valence-electron chi connectivity index (χ4n) is 1.82. The van der Waals surface area contributed by atoms with Crippen LogP contribution in [0.3, 0.4) is 0 Å². The minimum absolute atomic E-state index is 0.0865. The van der Waals surface area contributed by atoms with Crippen molar-refractivity contribution < 1.29 is 13.2 Å². The summed E-state index contributed by atoms with van der Waals surface area (Å²) >= 11 is 0. The zero-order valence-electron chi connectivity index (χ0n) is 11.7. The number of aromatic nitrogens is 4. The highest BCUT2D eigenvalue weighted by Crippen LogP contribution is 2.22. The van der Waals surface area contributed by atoms with Crippen molar-refractivity contribution in [1.82, 2.24) is 19.7 Å². The van der Waals surface area contributed by atoms with Gasteiger partial charge in [0.25, 0.3) is 0 Å². The molecule has 1 N–H and O–H groups in total. The molecule has 2 rings (SSSR count). The lowest BCUT2D eigenvalue weighted by Crippen LogP contribution is -2.12. The molecule has 0 aliphatic rings. The van der Waals surface area contributed by atoms with E-state index in [-0.39, 0.29) is 12.5 Å². The molecular weight excluding hydrogens is 283 g/mol.